The summed E-state index contributed by atoms with van der Waals surface area (Å²) < 4.78 is 9.64. The van der Waals surface area contributed by atoms with Gasteiger partial charge in [0.05, 0.1) is 48.4 Å². The summed E-state index contributed by atoms with van der Waals surface area (Å²) in [4.78, 5) is 13.4. The van der Waals surface area contributed by atoms with Crippen LogP contribution in [0.3, 0.4) is 0 Å². The number of pyridine rings is 1. The number of hydrogen-bond donors (Lipinski definition) is 1. The van der Waals surface area contributed by atoms with Crippen molar-refractivity contribution in [3.8, 4) is 11.4 Å². The number of fused-ring (bicyclic) bond motifs is 1. The van der Waals surface area contributed by atoms with Crippen LogP contribution in [0.1, 0.15) is 11.3 Å². The average Bonchev–Trinajstić information content (AvgIpc) is 3.40. The van der Waals surface area contributed by atoms with E-state index in [1.54, 1.807) is 13.4 Å². The zero-order valence-electron chi connectivity index (χ0n) is 17.4. The van der Waals surface area contributed by atoms with E-state index < -0.39 is 0 Å². The lowest BCUT2D eigenvalue weighted by Crippen LogP contribution is -2.00. The summed E-state index contributed by atoms with van der Waals surface area (Å²) in [6, 6.07) is 18.2. The molecule has 0 amide bonds. The first kappa shape index (κ1) is 18.9. The summed E-state index contributed by atoms with van der Waals surface area (Å²) in [6.45, 7) is 2.72. The lowest BCUT2D eigenvalue weighted by molar-refractivity contribution is 0.413. The highest BCUT2D eigenvalue weighted by Gasteiger charge is 2.09. The van der Waals surface area contributed by atoms with E-state index in [1.165, 1.54) is 5.56 Å². The molecule has 5 rings (SSSR count). The molecule has 0 saturated carbocycles. The van der Waals surface area contributed by atoms with Crippen molar-refractivity contribution in [3.63, 3.8) is 0 Å². The standard InChI is InChI=1S/C24H22N6O/c1-17-13-29(15-26-17)21-9-8-19(10-23(21)31-2)28-24-11-20-22(12-25-24)30(16-27-20)14-18-6-4-3-5-7-18/h3-13,15-16H,14H2,1-2H3,(H,25,28). The summed E-state index contributed by atoms with van der Waals surface area (Å²) in [7, 11) is 1.66. The molecule has 154 valence electrons. The van der Waals surface area contributed by atoms with E-state index in [9.17, 15) is 0 Å². The Balaban J connectivity index is 1.39. The first-order valence-electron chi connectivity index (χ1n) is 10.0. The van der Waals surface area contributed by atoms with E-state index in [4.69, 9.17) is 4.74 Å². The van der Waals surface area contributed by atoms with E-state index in [2.05, 4.69) is 37.0 Å². The molecule has 0 bridgehead atoms. The van der Waals surface area contributed by atoms with Gasteiger partial charge in [-0.15, -0.1) is 0 Å². The number of nitrogens with zero attached hydrogens (tertiary/aromatic N) is 5. The first-order chi connectivity index (χ1) is 15.2. The monoisotopic (exact) mass is 410 g/mol. The maximum Gasteiger partial charge on any atom is 0.144 e. The molecule has 1 N–H and O–H groups in total. The van der Waals surface area contributed by atoms with Crippen LogP contribution in [0.15, 0.2) is 79.6 Å². The van der Waals surface area contributed by atoms with Crippen LogP contribution in [0, 0.1) is 6.92 Å². The van der Waals surface area contributed by atoms with Crippen LogP contribution < -0.4 is 10.1 Å². The number of rotatable bonds is 6. The van der Waals surface area contributed by atoms with Crippen molar-refractivity contribution < 1.29 is 4.74 Å². The molecule has 0 fully saturated rings. The van der Waals surface area contributed by atoms with Crippen LogP contribution in [0.5, 0.6) is 5.75 Å². The van der Waals surface area contributed by atoms with Gasteiger partial charge in [0, 0.05) is 30.6 Å². The van der Waals surface area contributed by atoms with E-state index in [-0.39, 0.29) is 0 Å². The molecule has 0 aliphatic heterocycles. The van der Waals surface area contributed by atoms with Gasteiger partial charge in [0.1, 0.15) is 11.6 Å². The predicted octanol–water partition coefficient (Wildman–Crippen LogP) is 4.73. The molecular formula is C24H22N6O. The molecule has 0 aliphatic carbocycles. The number of benzene rings is 2. The van der Waals surface area contributed by atoms with Gasteiger partial charge in [-0.3, -0.25) is 0 Å². The minimum atomic E-state index is 0.728. The van der Waals surface area contributed by atoms with Crippen LogP contribution in [-0.4, -0.2) is 31.2 Å². The van der Waals surface area contributed by atoms with Gasteiger partial charge in [-0.05, 0) is 24.6 Å². The Morgan fingerprint density at radius 1 is 0.968 bits per heavy atom. The lowest BCUT2D eigenvalue weighted by Gasteiger charge is -2.12. The molecule has 5 aromatic rings. The highest BCUT2D eigenvalue weighted by atomic mass is 16.5. The largest absolute Gasteiger partial charge is 0.494 e. The normalized spacial score (nSPS) is 11.0. The van der Waals surface area contributed by atoms with Crippen molar-refractivity contribution in [3.05, 3.63) is 90.9 Å². The predicted molar refractivity (Wildman–Crippen MR) is 121 cm³/mol. The molecule has 7 heteroatoms. The van der Waals surface area contributed by atoms with Crippen molar-refractivity contribution >= 4 is 22.5 Å². The number of anilines is 2. The average molecular weight is 410 g/mol. The number of aryl methyl sites for hydroxylation is 1. The van der Waals surface area contributed by atoms with Gasteiger partial charge < -0.3 is 19.2 Å². The smallest absolute Gasteiger partial charge is 0.144 e. The zero-order valence-corrected chi connectivity index (χ0v) is 17.4. The van der Waals surface area contributed by atoms with Crippen molar-refractivity contribution in [2.24, 2.45) is 0 Å². The molecule has 2 aromatic carbocycles. The second-order valence-corrected chi connectivity index (χ2v) is 7.35. The number of aromatic nitrogens is 5. The van der Waals surface area contributed by atoms with E-state index in [0.29, 0.717) is 0 Å². The molecular weight excluding hydrogens is 388 g/mol. The van der Waals surface area contributed by atoms with Crippen LogP contribution in [0.4, 0.5) is 11.5 Å². The molecule has 3 aromatic heterocycles. The van der Waals surface area contributed by atoms with Crippen molar-refractivity contribution in [2.75, 3.05) is 12.4 Å². The Morgan fingerprint density at radius 2 is 1.84 bits per heavy atom. The molecule has 0 radical (unpaired) electrons. The van der Waals surface area contributed by atoms with Gasteiger partial charge in [-0.1, -0.05) is 30.3 Å². The molecule has 0 unspecified atom stereocenters. The lowest BCUT2D eigenvalue weighted by atomic mass is 10.2. The Labute approximate surface area is 180 Å². The maximum absolute atomic E-state index is 5.59. The molecule has 0 aliphatic rings. The number of imidazole rings is 2. The Hall–Kier alpha value is -4.13. The van der Waals surface area contributed by atoms with E-state index >= 15 is 0 Å². The third-order valence-corrected chi connectivity index (χ3v) is 5.15. The third kappa shape index (κ3) is 3.85. The minimum absolute atomic E-state index is 0.728. The van der Waals surface area contributed by atoms with Crippen LogP contribution in [-0.2, 0) is 6.54 Å². The fourth-order valence-corrected chi connectivity index (χ4v) is 3.60. The summed E-state index contributed by atoms with van der Waals surface area (Å²) in [5, 5.41) is 3.35. The highest BCUT2D eigenvalue weighted by molar-refractivity contribution is 5.78. The van der Waals surface area contributed by atoms with Crippen LogP contribution >= 0.6 is 0 Å². The Morgan fingerprint density at radius 3 is 2.61 bits per heavy atom. The molecule has 0 atom stereocenters. The van der Waals surface area contributed by atoms with Crippen molar-refractivity contribution in [2.45, 2.75) is 13.5 Å². The summed E-state index contributed by atoms with van der Waals surface area (Å²) >= 11 is 0. The zero-order chi connectivity index (χ0) is 21.2. The number of ether oxygens (including phenoxy) is 1. The molecule has 0 saturated heterocycles. The van der Waals surface area contributed by atoms with Gasteiger partial charge in [0.25, 0.3) is 0 Å². The number of nitrogens with one attached hydrogen (secondary N) is 1. The van der Waals surface area contributed by atoms with Crippen molar-refractivity contribution in [1.82, 2.24) is 24.1 Å². The fraction of sp³-hybridized carbons (Fsp3) is 0.125. The van der Waals surface area contributed by atoms with Gasteiger partial charge in [0.15, 0.2) is 0 Å². The van der Waals surface area contributed by atoms with Gasteiger partial charge in [-0.2, -0.15) is 0 Å². The molecule has 0 spiro atoms. The van der Waals surface area contributed by atoms with Crippen molar-refractivity contribution in [1.29, 1.82) is 0 Å². The maximum atomic E-state index is 5.59. The van der Waals surface area contributed by atoms with Gasteiger partial charge >= 0.3 is 0 Å². The topological polar surface area (TPSA) is 69.8 Å². The number of methoxy groups -OCH3 is 1. The van der Waals surface area contributed by atoms with Gasteiger partial charge in [0.2, 0.25) is 0 Å². The SMILES string of the molecule is COc1cc(Nc2cc3ncn(Cc4ccccc4)c3cn2)ccc1-n1cnc(C)c1. The van der Waals surface area contributed by atoms with Gasteiger partial charge in [-0.25, -0.2) is 15.0 Å². The summed E-state index contributed by atoms with van der Waals surface area (Å²) in [5.41, 5.74) is 5.88. The Bertz CT molecular complexity index is 1340. The highest BCUT2D eigenvalue weighted by Crippen LogP contribution is 2.29. The van der Waals surface area contributed by atoms with Crippen LogP contribution in [0.25, 0.3) is 16.7 Å². The summed E-state index contributed by atoms with van der Waals surface area (Å²) in [6.07, 6.45) is 7.45. The number of hydrogen-bond acceptors (Lipinski definition) is 5. The molecule has 7 nitrogen and oxygen atoms in total. The quantitative estimate of drug-likeness (QED) is 0.438. The van der Waals surface area contributed by atoms with Crippen LogP contribution in [0.2, 0.25) is 0 Å². The Kier molecular flexibility index (Phi) is 4.84. The minimum Gasteiger partial charge on any atom is -0.494 e. The summed E-state index contributed by atoms with van der Waals surface area (Å²) in [5.74, 6) is 1.47. The molecule has 3 heterocycles. The second kappa shape index (κ2) is 7.95. The van der Waals surface area contributed by atoms with E-state index in [0.717, 1.165) is 46.2 Å². The van der Waals surface area contributed by atoms with E-state index in [1.807, 2.05) is 72.7 Å². The molecule has 31 heavy (non-hydrogen) atoms. The first-order valence-corrected chi connectivity index (χ1v) is 10.0. The second-order valence-electron chi connectivity index (χ2n) is 7.35. The third-order valence-electron chi connectivity index (χ3n) is 5.15. The fourth-order valence-electron chi connectivity index (χ4n) is 3.60.